The number of unbranched alkanes of at least 4 members (excludes halogenated alkanes) is 3. The van der Waals surface area contributed by atoms with Crippen LogP contribution in [0.2, 0.25) is 0 Å². The molecule has 1 unspecified atom stereocenters. The molecule has 124 valence electrons. The van der Waals surface area contributed by atoms with E-state index in [0.717, 1.165) is 0 Å². The van der Waals surface area contributed by atoms with Crippen molar-refractivity contribution in [1.82, 2.24) is 0 Å². The molecular weight excluding hydrogens is 326 g/mol. The van der Waals surface area contributed by atoms with Gasteiger partial charge in [-0.3, -0.25) is 4.52 Å². The van der Waals surface area contributed by atoms with Crippen LogP contribution >= 0.6 is 15.6 Å². The Morgan fingerprint density at radius 2 is 1.57 bits per heavy atom. The van der Waals surface area contributed by atoms with E-state index in [1.807, 2.05) is 0 Å². The van der Waals surface area contributed by atoms with Gasteiger partial charge >= 0.3 is 21.6 Å². The highest BCUT2D eigenvalue weighted by molar-refractivity contribution is 7.60. The summed E-state index contributed by atoms with van der Waals surface area (Å²) in [6.07, 6.45) is 2.33. The number of esters is 1. The number of phosphoric ester groups is 1. The van der Waals surface area contributed by atoms with Gasteiger partial charge in [-0.05, 0) is 26.2 Å². The van der Waals surface area contributed by atoms with Crippen molar-refractivity contribution in [3.8, 4) is 0 Å². The molecule has 0 aromatic heterocycles. The third-order valence-corrected chi connectivity index (χ3v) is 4.27. The lowest BCUT2D eigenvalue weighted by Crippen LogP contribution is -2.06. The van der Waals surface area contributed by atoms with E-state index in [1.54, 1.807) is 6.92 Å². The first-order valence-electron chi connectivity index (χ1n) is 6.10. The van der Waals surface area contributed by atoms with Crippen LogP contribution < -0.4 is 0 Å². The second kappa shape index (κ2) is 9.48. The van der Waals surface area contributed by atoms with Crippen LogP contribution in [0.25, 0.3) is 0 Å². The van der Waals surface area contributed by atoms with Crippen molar-refractivity contribution in [2.75, 3.05) is 13.2 Å². The summed E-state index contributed by atoms with van der Waals surface area (Å²) in [6, 6.07) is 0. The molecule has 0 aliphatic rings. The van der Waals surface area contributed by atoms with Crippen LogP contribution in [0.5, 0.6) is 0 Å². The molecule has 0 saturated heterocycles. The standard InChI is InChI=1S/C10H20O9P2/c1-9(2)10(11)17-7-5-3-4-6-8-18-21(15,16)19-20(12,13)14/h1,3-8H2,2H3,(H,15,16)(H2,12,13,14). The molecule has 9 nitrogen and oxygen atoms in total. The average Bonchev–Trinajstić information content (AvgIpc) is 2.28. The van der Waals surface area contributed by atoms with Crippen LogP contribution in [0.15, 0.2) is 12.2 Å². The van der Waals surface area contributed by atoms with E-state index in [1.165, 1.54) is 0 Å². The van der Waals surface area contributed by atoms with Crippen molar-refractivity contribution in [3.63, 3.8) is 0 Å². The van der Waals surface area contributed by atoms with Gasteiger partial charge in [0.25, 0.3) is 0 Å². The minimum absolute atomic E-state index is 0.181. The predicted octanol–water partition coefficient (Wildman–Crippen LogP) is 1.89. The zero-order valence-electron chi connectivity index (χ0n) is 11.6. The maximum atomic E-state index is 11.1. The summed E-state index contributed by atoms with van der Waals surface area (Å²) in [7, 11) is -9.81. The van der Waals surface area contributed by atoms with Crippen LogP contribution in [-0.4, -0.2) is 33.9 Å². The molecule has 3 N–H and O–H groups in total. The van der Waals surface area contributed by atoms with Gasteiger partial charge in [-0.25, -0.2) is 13.9 Å². The first-order valence-corrected chi connectivity index (χ1v) is 9.13. The molecule has 0 aliphatic heterocycles. The van der Waals surface area contributed by atoms with Gasteiger partial charge in [-0.2, -0.15) is 4.31 Å². The number of rotatable bonds is 11. The third-order valence-electron chi connectivity index (χ3n) is 2.08. The molecule has 0 heterocycles. The maximum absolute atomic E-state index is 11.1. The molecule has 0 saturated carbocycles. The van der Waals surface area contributed by atoms with Gasteiger partial charge < -0.3 is 19.4 Å². The number of hydrogen-bond donors (Lipinski definition) is 3. The average molecular weight is 346 g/mol. The van der Waals surface area contributed by atoms with Gasteiger partial charge in [0, 0.05) is 5.57 Å². The summed E-state index contributed by atoms with van der Waals surface area (Å²) >= 11 is 0. The minimum atomic E-state index is -5.07. The number of hydrogen-bond acceptors (Lipinski definition) is 6. The Balaban J connectivity index is 3.61. The minimum Gasteiger partial charge on any atom is -0.462 e. The summed E-state index contributed by atoms with van der Waals surface area (Å²) in [5, 5.41) is 0. The van der Waals surface area contributed by atoms with Gasteiger partial charge in [-0.1, -0.05) is 13.0 Å². The van der Waals surface area contributed by atoms with Gasteiger partial charge in [0.1, 0.15) is 0 Å². The fraction of sp³-hybridized carbons (Fsp3) is 0.700. The Hall–Kier alpha value is -0.530. The van der Waals surface area contributed by atoms with Gasteiger partial charge in [0.05, 0.1) is 13.2 Å². The fourth-order valence-corrected chi connectivity index (χ4v) is 2.81. The van der Waals surface area contributed by atoms with E-state index >= 15 is 0 Å². The quantitative estimate of drug-likeness (QED) is 0.221. The van der Waals surface area contributed by atoms with Crippen LogP contribution in [0.3, 0.4) is 0 Å². The van der Waals surface area contributed by atoms with Crippen molar-refractivity contribution >= 4 is 21.6 Å². The molecule has 0 bridgehead atoms. The number of phosphoric acid groups is 2. The molecule has 0 spiro atoms. The molecule has 0 amide bonds. The second-order valence-electron chi connectivity index (χ2n) is 4.20. The number of carbonyl (C=O) groups excluding carboxylic acids is 1. The highest BCUT2D eigenvalue weighted by Gasteiger charge is 2.31. The van der Waals surface area contributed by atoms with Crippen molar-refractivity contribution in [2.24, 2.45) is 0 Å². The van der Waals surface area contributed by atoms with E-state index in [0.29, 0.717) is 31.3 Å². The Morgan fingerprint density at radius 3 is 2.05 bits per heavy atom. The lowest BCUT2D eigenvalue weighted by atomic mass is 10.2. The van der Waals surface area contributed by atoms with Crippen molar-refractivity contribution in [2.45, 2.75) is 32.6 Å². The molecule has 0 aliphatic carbocycles. The second-order valence-corrected chi connectivity index (χ2v) is 7.03. The molecule has 11 heteroatoms. The summed E-state index contributed by atoms with van der Waals surface area (Å²) < 4.78 is 34.3. The molecule has 0 aromatic rings. The van der Waals surface area contributed by atoms with E-state index in [4.69, 9.17) is 19.4 Å². The highest BCUT2D eigenvalue weighted by atomic mass is 31.3. The number of ether oxygens (including phenoxy) is 1. The third kappa shape index (κ3) is 12.9. The molecule has 0 aromatic carbocycles. The Bertz CT molecular complexity index is 442. The zero-order valence-corrected chi connectivity index (χ0v) is 13.4. The normalized spacial score (nSPS) is 14.5. The largest absolute Gasteiger partial charge is 0.481 e. The number of carbonyl (C=O) groups is 1. The lowest BCUT2D eigenvalue weighted by molar-refractivity contribution is -0.139. The Labute approximate surface area is 122 Å². The molecular formula is C10H20O9P2. The zero-order chi connectivity index (χ0) is 16.5. The summed E-state index contributed by atoms with van der Waals surface area (Å²) in [5.74, 6) is -0.450. The van der Waals surface area contributed by atoms with E-state index in [9.17, 15) is 13.9 Å². The predicted molar refractivity (Wildman–Crippen MR) is 73.1 cm³/mol. The monoisotopic (exact) mass is 346 g/mol. The topological polar surface area (TPSA) is 140 Å². The van der Waals surface area contributed by atoms with E-state index in [2.05, 4.69) is 15.4 Å². The molecule has 21 heavy (non-hydrogen) atoms. The SMILES string of the molecule is C=C(C)C(=O)OCCCCCCOP(=O)(O)OP(=O)(O)O. The van der Waals surface area contributed by atoms with Crippen LogP contribution in [0, 0.1) is 0 Å². The highest BCUT2D eigenvalue weighted by Crippen LogP contribution is 2.57. The van der Waals surface area contributed by atoms with Crippen LogP contribution in [-0.2, 0) is 27.5 Å². The van der Waals surface area contributed by atoms with Crippen LogP contribution in [0.4, 0.5) is 0 Å². The fourth-order valence-electron chi connectivity index (χ4n) is 1.18. The molecule has 0 rings (SSSR count). The maximum Gasteiger partial charge on any atom is 0.481 e. The summed E-state index contributed by atoms with van der Waals surface area (Å²) in [6.45, 7) is 5.06. The van der Waals surface area contributed by atoms with Crippen molar-refractivity contribution in [3.05, 3.63) is 12.2 Å². The smallest absolute Gasteiger partial charge is 0.462 e. The molecule has 0 fully saturated rings. The van der Waals surface area contributed by atoms with E-state index in [-0.39, 0.29) is 13.2 Å². The Morgan fingerprint density at radius 1 is 1.05 bits per heavy atom. The lowest BCUT2D eigenvalue weighted by Gasteiger charge is -2.12. The van der Waals surface area contributed by atoms with E-state index < -0.39 is 21.6 Å². The first kappa shape index (κ1) is 20.5. The molecule has 1 atom stereocenters. The first-order chi connectivity index (χ1) is 9.53. The van der Waals surface area contributed by atoms with Crippen molar-refractivity contribution in [1.29, 1.82) is 0 Å². The Kier molecular flexibility index (Phi) is 9.24. The summed E-state index contributed by atoms with van der Waals surface area (Å²) in [4.78, 5) is 36.7. The summed E-state index contributed by atoms with van der Waals surface area (Å²) in [5.41, 5.74) is 0.326. The molecule has 0 radical (unpaired) electrons. The van der Waals surface area contributed by atoms with Gasteiger partial charge in [-0.15, -0.1) is 0 Å². The van der Waals surface area contributed by atoms with Gasteiger partial charge in [0.2, 0.25) is 0 Å². The van der Waals surface area contributed by atoms with Gasteiger partial charge in [0.15, 0.2) is 0 Å². The van der Waals surface area contributed by atoms with Crippen molar-refractivity contribution < 1.29 is 42.2 Å². The van der Waals surface area contributed by atoms with Crippen LogP contribution in [0.1, 0.15) is 32.6 Å².